The van der Waals surface area contributed by atoms with Crippen molar-refractivity contribution in [3.63, 3.8) is 0 Å². The summed E-state index contributed by atoms with van der Waals surface area (Å²) in [6.45, 7) is 0. The minimum Gasteiger partial charge on any atom is -0.508 e. The van der Waals surface area contributed by atoms with E-state index in [1.807, 2.05) is 0 Å². The third-order valence-electron chi connectivity index (χ3n) is 4.59. The standard InChI is InChI=1S/C15H12O5.C8H8O3/c16-9-3-1-8(2-4-9)13-7-12(19)15-11(18)5-10(17)6-14(15)20-13;1-11-7-4-2-6(3-5-7)8(9)10/h1-6,13,16-18H,7H2;2-5H,1H3,(H,9,10). The van der Waals surface area contributed by atoms with Gasteiger partial charge in [0.1, 0.15) is 40.4 Å². The monoisotopic (exact) mass is 424 g/mol. The first-order chi connectivity index (χ1) is 14.8. The van der Waals surface area contributed by atoms with E-state index in [0.29, 0.717) is 5.75 Å². The molecule has 8 heteroatoms. The molecule has 1 unspecified atom stereocenters. The Morgan fingerprint density at radius 2 is 1.61 bits per heavy atom. The molecule has 4 rings (SSSR count). The Hall–Kier alpha value is -4.20. The first-order valence-electron chi connectivity index (χ1n) is 9.20. The van der Waals surface area contributed by atoms with Crippen molar-refractivity contribution < 1.29 is 39.5 Å². The number of phenols is 3. The molecule has 3 aromatic carbocycles. The molecule has 1 heterocycles. The zero-order valence-corrected chi connectivity index (χ0v) is 16.5. The number of ether oxygens (including phenoxy) is 2. The molecule has 3 aromatic rings. The van der Waals surface area contributed by atoms with Gasteiger partial charge in [-0.25, -0.2) is 4.79 Å². The summed E-state index contributed by atoms with van der Waals surface area (Å²) in [6.07, 6.45) is -0.410. The number of rotatable bonds is 3. The van der Waals surface area contributed by atoms with E-state index in [4.69, 9.17) is 14.6 Å². The molecule has 0 amide bonds. The zero-order chi connectivity index (χ0) is 22.5. The number of carboxylic acids is 1. The summed E-state index contributed by atoms with van der Waals surface area (Å²) in [6, 6.07) is 15.0. The molecule has 31 heavy (non-hydrogen) atoms. The van der Waals surface area contributed by atoms with Gasteiger partial charge in [-0.05, 0) is 42.0 Å². The number of hydrogen-bond acceptors (Lipinski definition) is 7. The third-order valence-corrected chi connectivity index (χ3v) is 4.59. The minimum absolute atomic E-state index is 0.0934. The first kappa shape index (κ1) is 21.5. The van der Waals surface area contributed by atoms with Crippen molar-refractivity contribution in [2.75, 3.05) is 7.11 Å². The molecule has 8 nitrogen and oxygen atoms in total. The molecule has 1 atom stereocenters. The van der Waals surface area contributed by atoms with Crippen LogP contribution in [0.25, 0.3) is 0 Å². The molecule has 0 radical (unpaired) electrons. The van der Waals surface area contributed by atoms with Crippen molar-refractivity contribution in [1.82, 2.24) is 0 Å². The van der Waals surface area contributed by atoms with E-state index in [9.17, 15) is 24.9 Å². The number of carbonyl (C=O) groups is 2. The Kier molecular flexibility index (Phi) is 6.30. The Bertz CT molecular complexity index is 1090. The molecule has 0 spiro atoms. The lowest BCUT2D eigenvalue weighted by molar-refractivity contribution is 0.0696. The second-order valence-corrected chi connectivity index (χ2v) is 6.70. The lowest BCUT2D eigenvalue weighted by Crippen LogP contribution is -2.20. The maximum atomic E-state index is 12.1. The Morgan fingerprint density at radius 3 is 2.19 bits per heavy atom. The molecular formula is C23H20O8. The second kappa shape index (κ2) is 9.08. The number of methoxy groups -OCH3 is 1. The number of benzene rings is 3. The van der Waals surface area contributed by atoms with Crippen LogP contribution in [0.5, 0.6) is 28.7 Å². The van der Waals surface area contributed by atoms with Crippen LogP contribution in [0, 0.1) is 0 Å². The number of fused-ring (bicyclic) bond motifs is 1. The molecule has 1 aliphatic heterocycles. The predicted molar refractivity (Wildman–Crippen MR) is 110 cm³/mol. The Balaban J connectivity index is 0.000000210. The SMILES string of the molecule is COc1ccc(C(=O)O)cc1.O=C1CC(c2ccc(O)cc2)Oc2cc(O)cc(O)c21. The summed E-state index contributed by atoms with van der Waals surface area (Å²) < 4.78 is 10.5. The fourth-order valence-corrected chi connectivity index (χ4v) is 3.03. The lowest BCUT2D eigenvalue weighted by Gasteiger charge is -2.26. The van der Waals surface area contributed by atoms with Gasteiger partial charge in [-0.3, -0.25) is 4.79 Å². The average Bonchev–Trinajstić information content (AvgIpc) is 2.74. The highest BCUT2D eigenvalue weighted by Gasteiger charge is 2.30. The van der Waals surface area contributed by atoms with Gasteiger partial charge in [-0.2, -0.15) is 0 Å². The number of ketones is 1. The van der Waals surface area contributed by atoms with Crippen LogP contribution in [0.1, 0.15) is 38.8 Å². The maximum Gasteiger partial charge on any atom is 0.335 e. The zero-order valence-electron chi connectivity index (χ0n) is 16.5. The minimum atomic E-state index is -0.923. The number of Topliss-reactive ketones (excluding diaryl/α,β-unsaturated/α-hetero) is 1. The number of phenolic OH excluding ortho intramolecular Hbond substituents is 3. The van der Waals surface area contributed by atoms with Crippen LogP contribution in [-0.4, -0.2) is 39.3 Å². The summed E-state index contributed by atoms with van der Waals surface area (Å²) >= 11 is 0. The van der Waals surface area contributed by atoms with E-state index in [1.165, 1.54) is 37.4 Å². The molecule has 0 fully saturated rings. The van der Waals surface area contributed by atoms with Crippen molar-refractivity contribution in [2.45, 2.75) is 12.5 Å². The molecule has 0 aliphatic carbocycles. The highest BCUT2D eigenvalue weighted by Crippen LogP contribution is 2.41. The topological polar surface area (TPSA) is 134 Å². The second-order valence-electron chi connectivity index (χ2n) is 6.70. The smallest absolute Gasteiger partial charge is 0.335 e. The van der Waals surface area contributed by atoms with Gasteiger partial charge in [0.2, 0.25) is 0 Å². The number of aromatic carboxylic acids is 1. The number of carbonyl (C=O) groups excluding carboxylic acids is 1. The van der Waals surface area contributed by atoms with E-state index in [-0.39, 0.29) is 46.3 Å². The molecule has 0 saturated heterocycles. The van der Waals surface area contributed by atoms with E-state index in [1.54, 1.807) is 24.3 Å². The van der Waals surface area contributed by atoms with E-state index >= 15 is 0 Å². The van der Waals surface area contributed by atoms with Crippen LogP contribution in [0.15, 0.2) is 60.7 Å². The van der Waals surface area contributed by atoms with Crippen molar-refractivity contribution in [3.05, 3.63) is 77.4 Å². The molecule has 4 N–H and O–H groups in total. The van der Waals surface area contributed by atoms with Crippen molar-refractivity contribution in [1.29, 1.82) is 0 Å². The number of carboxylic acid groups (broad SMARTS) is 1. The van der Waals surface area contributed by atoms with Crippen LogP contribution in [0.2, 0.25) is 0 Å². The molecule has 160 valence electrons. The van der Waals surface area contributed by atoms with Crippen molar-refractivity contribution in [2.24, 2.45) is 0 Å². The van der Waals surface area contributed by atoms with Gasteiger partial charge in [0, 0.05) is 12.1 Å². The summed E-state index contributed by atoms with van der Waals surface area (Å²) in [4.78, 5) is 22.5. The van der Waals surface area contributed by atoms with Gasteiger partial charge in [0.05, 0.1) is 19.1 Å². The quantitative estimate of drug-likeness (QED) is 0.497. The van der Waals surface area contributed by atoms with Crippen molar-refractivity contribution >= 4 is 11.8 Å². The van der Waals surface area contributed by atoms with E-state index in [2.05, 4.69) is 0 Å². The molecule has 0 aromatic heterocycles. The molecule has 1 aliphatic rings. The summed E-state index contributed by atoms with van der Waals surface area (Å²) in [5.74, 6) is -0.664. The maximum absolute atomic E-state index is 12.1. The summed E-state index contributed by atoms with van der Waals surface area (Å²) in [5.41, 5.74) is 1.10. The predicted octanol–water partition coefficient (Wildman–Crippen LogP) is 3.90. The Morgan fingerprint density at radius 1 is 0.968 bits per heavy atom. The normalized spacial score (nSPS) is 14.5. The van der Waals surface area contributed by atoms with Gasteiger partial charge < -0.3 is 29.9 Å². The van der Waals surface area contributed by atoms with Crippen LogP contribution < -0.4 is 9.47 Å². The van der Waals surface area contributed by atoms with Gasteiger partial charge in [-0.15, -0.1) is 0 Å². The lowest BCUT2D eigenvalue weighted by atomic mass is 9.95. The first-order valence-corrected chi connectivity index (χ1v) is 9.20. The number of hydrogen-bond donors (Lipinski definition) is 4. The average molecular weight is 424 g/mol. The van der Waals surface area contributed by atoms with Crippen LogP contribution in [-0.2, 0) is 0 Å². The summed E-state index contributed by atoms with van der Waals surface area (Å²) in [7, 11) is 1.54. The van der Waals surface area contributed by atoms with E-state index in [0.717, 1.165) is 11.6 Å². The fraction of sp³-hybridized carbons (Fsp3) is 0.130. The highest BCUT2D eigenvalue weighted by molar-refractivity contribution is 6.02. The summed E-state index contributed by atoms with van der Waals surface area (Å²) in [5, 5.41) is 36.9. The van der Waals surface area contributed by atoms with Crippen LogP contribution in [0.4, 0.5) is 0 Å². The third kappa shape index (κ3) is 5.05. The molecule has 0 saturated carbocycles. The van der Waals surface area contributed by atoms with Gasteiger partial charge >= 0.3 is 5.97 Å². The largest absolute Gasteiger partial charge is 0.508 e. The van der Waals surface area contributed by atoms with Gasteiger partial charge in [0.25, 0.3) is 0 Å². The van der Waals surface area contributed by atoms with Gasteiger partial charge in [-0.1, -0.05) is 12.1 Å². The van der Waals surface area contributed by atoms with Crippen LogP contribution in [0.3, 0.4) is 0 Å². The van der Waals surface area contributed by atoms with Crippen molar-refractivity contribution in [3.8, 4) is 28.7 Å². The molecule has 0 bridgehead atoms. The highest BCUT2D eigenvalue weighted by atomic mass is 16.5. The van der Waals surface area contributed by atoms with Gasteiger partial charge in [0.15, 0.2) is 5.78 Å². The van der Waals surface area contributed by atoms with E-state index < -0.39 is 12.1 Å². The Labute approximate surface area is 177 Å². The fourth-order valence-electron chi connectivity index (χ4n) is 3.03. The van der Waals surface area contributed by atoms with Crippen LogP contribution >= 0.6 is 0 Å². The number of aromatic hydroxyl groups is 3. The molecular weight excluding hydrogens is 404 g/mol.